The van der Waals surface area contributed by atoms with E-state index in [1.54, 1.807) is 23.1 Å². The molecular formula is C19H25ClN2O4S. The van der Waals surface area contributed by atoms with Gasteiger partial charge in [-0.15, -0.1) is 0 Å². The van der Waals surface area contributed by atoms with Crippen LogP contribution >= 0.6 is 11.6 Å². The quantitative estimate of drug-likeness (QED) is 0.646. The smallest absolute Gasteiger partial charge is 0.237 e. The second kappa shape index (κ2) is 8.61. The number of nitrogens with zero attached hydrogens (tertiary/aromatic N) is 2. The third-order valence-corrected chi connectivity index (χ3v) is 6.80. The Kier molecular flexibility index (Phi) is 6.42. The van der Waals surface area contributed by atoms with Gasteiger partial charge in [-0.3, -0.25) is 4.79 Å². The van der Waals surface area contributed by atoms with Crippen LogP contribution in [-0.2, 0) is 14.6 Å². The van der Waals surface area contributed by atoms with Crippen molar-refractivity contribution in [1.29, 1.82) is 0 Å². The van der Waals surface area contributed by atoms with E-state index >= 15 is 0 Å². The first-order valence-electron chi connectivity index (χ1n) is 9.42. The Morgan fingerprint density at radius 1 is 1.30 bits per heavy atom. The van der Waals surface area contributed by atoms with Gasteiger partial charge in [0.2, 0.25) is 5.91 Å². The number of carbonyl (C=O) groups excluding carboxylic acids is 1. The Morgan fingerprint density at radius 3 is 2.74 bits per heavy atom. The number of rotatable bonds is 7. The number of fused-ring (bicyclic) bond motifs is 1. The van der Waals surface area contributed by atoms with Crippen molar-refractivity contribution in [3.63, 3.8) is 0 Å². The first-order valence-corrected chi connectivity index (χ1v) is 11.6. The van der Waals surface area contributed by atoms with Crippen LogP contribution in [0.25, 0.3) is 11.1 Å². The second-order valence-corrected chi connectivity index (χ2v) is 9.74. The van der Waals surface area contributed by atoms with Gasteiger partial charge >= 0.3 is 0 Å². The topological polar surface area (TPSA) is 80.5 Å². The lowest BCUT2D eigenvalue weighted by Gasteiger charge is -2.30. The highest BCUT2D eigenvalue weighted by atomic mass is 35.5. The molecule has 0 unspecified atom stereocenters. The number of benzene rings is 1. The van der Waals surface area contributed by atoms with Crippen LogP contribution in [-0.4, -0.2) is 48.8 Å². The molecule has 0 saturated carbocycles. The summed E-state index contributed by atoms with van der Waals surface area (Å²) in [6.45, 7) is 3.06. The number of hydrogen-bond acceptors (Lipinski definition) is 5. The van der Waals surface area contributed by atoms with E-state index in [1.165, 1.54) is 0 Å². The average molecular weight is 413 g/mol. The average Bonchev–Trinajstić information content (AvgIpc) is 3.04. The lowest BCUT2D eigenvalue weighted by molar-refractivity contribution is -0.129. The van der Waals surface area contributed by atoms with Gasteiger partial charge in [-0.1, -0.05) is 31.4 Å². The summed E-state index contributed by atoms with van der Waals surface area (Å²) in [5, 5.41) is 0.614. The second-order valence-electron chi connectivity index (χ2n) is 7.12. The van der Waals surface area contributed by atoms with Gasteiger partial charge in [0, 0.05) is 24.0 Å². The fraction of sp³-hybridized carbons (Fsp3) is 0.579. The largest absolute Gasteiger partial charge is 0.440 e. The highest BCUT2D eigenvalue weighted by Gasteiger charge is 2.29. The summed E-state index contributed by atoms with van der Waals surface area (Å²) < 4.78 is 30.0. The maximum atomic E-state index is 12.4. The Bertz CT molecular complexity index is 902. The zero-order valence-corrected chi connectivity index (χ0v) is 17.1. The molecule has 0 radical (unpaired) electrons. The van der Waals surface area contributed by atoms with Crippen LogP contribution < -0.4 is 0 Å². The van der Waals surface area contributed by atoms with Crippen molar-refractivity contribution in [3.05, 3.63) is 29.1 Å². The zero-order valence-electron chi connectivity index (χ0n) is 15.5. The van der Waals surface area contributed by atoms with Crippen molar-refractivity contribution < 1.29 is 17.6 Å². The summed E-state index contributed by atoms with van der Waals surface area (Å²) in [5.41, 5.74) is 1.43. The molecule has 0 spiro atoms. The number of oxazole rings is 1. The molecule has 1 fully saturated rings. The van der Waals surface area contributed by atoms with Gasteiger partial charge in [-0.2, -0.15) is 0 Å². The highest BCUT2D eigenvalue weighted by Crippen LogP contribution is 2.30. The molecule has 2 aromatic rings. The van der Waals surface area contributed by atoms with Gasteiger partial charge in [0.25, 0.3) is 0 Å². The van der Waals surface area contributed by atoms with E-state index in [1.807, 2.05) is 6.92 Å². The molecule has 1 aliphatic heterocycles. The molecule has 1 aromatic heterocycles. The summed E-state index contributed by atoms with van der Waals surface area (Å²) in [6, 6.07) is 5.34. The first kappa shape index (κ1) is 20.1. The van der Waals surface area contributed by atoms with Crippen molar-refractivity contribution in [1.82, 2.24) is 9.88 Å². The monoisotopic (exact) mass is 412 g/mol. The summed E-state index contributed by atoms with van der Waals surface area (Å²) in [6.07, 6.45) is 3.87. The Balaban J connectivity index is 1.55. The molecule has 0 aliphatic carbocycles. The summed E-state index contributed by atoms with van der Waals surface area (Å²) in [7, 11) is -3.32. The zero-order chi connectivity index (χ0) is 19.4. The predicted molar refractivity (Wildman–Crippen MR) is 106 cm³/mol. The van der Waals surface area contributed by atoms with Crippen LogP contribution in [0.3, 0.4) is 0 Å². The molecule has 1 saturated heterocycles. The number of likely N-dealkylation sites (tertiary alicyclic amines) is 1. The minimum atomic E-state index is -3.32. The maximum Gasteiger partial charge on any atom is 0.237 e. The van der Waals surface area contributed by atoms with Gasteiger partial charge in [-0.05, 0) is 37.5 Å². The van der Waals surface area contributed by atoms with Crippen molar-refractivity contribution in [2.75, 3.05) is 24.6 Å². The maximum absolute atomic E-state index is 12.4. The molecule has 27 heavy (non-hydrogen) atoms. The van der Waals surface area contributed by atoms with E-state index in [9.17, 15) is 13.2 Å². The van der Waals surface area contributed by atoms with E-state index in [0.717, 1.165) is 18.4 Å². The van der Waals surface area contributed by atoms with E-state index in [0.29, 0.717) is 48.8 Å². The first-order chi connectivity index (χ1) is 12.9. The minimum Gasteiger partial charge on any atom is -0.440 e. The number of unbranched alkanes of at least 4 members (excludes halogenated alkanes) is 2. The van der Waals surface area contributed by atoms with Gasteiger partial charge < -0.3 is 9.32 Å². The number of sulfone groups is 1. The number of piperidine rings is 1. The lowest BCUT2D eigenvalue weighted by atomic mass is 9.97. The molecular weight excluding hydrogens is 388 g/mol. The summed E-state index contributed by atoms with van der Waals surface area (Å²) >= 11 is 5.99. The van der Waals surface area contributed by atoms with Crippen LogP contribution in [0.5, 0.6) is 0 Å². The molecule has 0 bridgehead atoms. The van der Waals surface area contributed by atoms with Crippen molar-refractivity contribution in [3.8, 4) is 0 Å². The SMILES string of the molecule is CCCCCS(=O)(=O)CC(=O)N1CCC(c2nc3cc(Cl)ccc3o2)CC1. The van der Waals surface area contributed by atoms with E-state index in [4.69, 9.17) is 16.0 Å². The third-order valence-electron chi connectivity index (χ3n) is 4.97. The lowest BCUT2D eigenvalue weighted by Crippen LogP contribution is -2.41. The molecule has 1 aliphatic rings. The number of hydrogen-bond donors (Lipinski definition) is 0. The van der Waals surface area contributed by atoms with Crippen LogP contribution in [0, 0.1) is 0 Å². The summed E-state index contributed by atoms with van der Waals surface area (Å²) in [4.78, 5) is 18.5. The van der Waals surface area contributed by atoms with E-state index in [-0.39, 0.29) is 23.3 Å². The van der Waals surface area contributed by atoms with E-state index in [2.05, 4.69) is 4.98 Å². The Morgan fingerprint density at radius 2 is 2.04 bits per heavy atom. The van der Waals surface area contributed by atoms with Gasteiger partial charge in [0.15, 0.2) is 21.3 Å². The standard InChI is InChI=1S/C19H25ClN2O4S/c1-2-3-4-11-27(24,25)13-18(23)22-9-7-14(8-10-22)19-21-16-12-15(20)5-6-17(16)26-19/h5-6,12,14H,2-4,7-11,13H2,1H3. The van der Waals surface area contributed by atoms with Crippen molar-refractivity contribution in [2.45, 2.75) is 44.9 Å². The molecule has 0 atom stereocenters. The number of amides is 1. The van der Waals surface area contributed by atoms with E-state index < -0.39 is 9.84 Å². The predicted octanol–water partition coefficient (Wildman–Crippen LogP) is 3.79. The van der Waals surface area contributed by atoms with Crippen molar-refractivity contribution >= 4 is 38.4 Å². The Hall–Kier alpha value is -1.60. The molecule has 2 heterocycles. The third kappa shape index (κ3) is 5.23. The molecule has 8 heteroatoms. The molecule has 1 amide bonds. The van der Waals surface area contributed by atoms with Crippen LogP contribution in [0.4, 0.5) is 0 Å². The fourth-order valence-corrected chi connectivity index (χ4v) is 4.91. The van der Waals surface area contributed by atoms with Crippen LogP contribution in [0.1, 0.15) is 50.8 Å². The highest BCUT2D eigenvalue weighted by molar-refractivity contribution is 7.92. The number of aromatic nitrogens is 1. The number of carbonyl (C=O) groups is 1. The van der Waals surface area contributed by atoms with Crippen LogP contribution in [0.15, 0.2) is 22.6 Å². The molecule has 1 aromatic carbocycles. The van der Waals surface area contributed by atoms with Gasteiger partial charge in [0.05, 0.1) is 5.75 Å². The molecule has 0 N–H and O–H groups in total. The van der Waals surface area contributed by atoms with Crippen LogP contribution in [0.2, 0.25) is 5.02 Å². The summed E-state index contributed by atoms with van der Waals surface area (Å²) in [5.74, 6) is 0.194. The fourth-order valence-electron chi connectivity index (χ4n) is 3.39. The van der Waals surface area contributed by atoms with Crippen molar-refractivity contribution in [2.24, 2.45) is 0 Å². The molecule has 3 rings (SSSR count). The van der Waals surface area contributed by atoms with Gasteiger partial charge in [0.1, 0.15) is 11.3 Å². The molecule has 148 valence electrons. The normalized spacial score (nSPS) is 16.1. The Labute approximate surface area is 164 Å². The van der Waals surface area contributed by atoms with Gasteiger partial charge in [-0.25, -0.2) is 13.4 Å². The number of halogens is 1. The minimum absolute atomic E-state index is 0.0918. The molecule has 6 nitrogen and oxygen atoms in total.